The molecule has 4 bridgehead atoms. The number of Topliss-reactive ketones (excluding diaryl/α,β-unsaturated/α-hetero) is 1. The first-order valence-electron chi connectivity index (χ1n) is 8.98. The number of carbonyl (C=O) groups is 2. The van der Waals surface area contributed by atoms with Gasteiger partial charge in [0.2, 0.25) is 5.78 Å². The summed E-state index contributed by atoms with van der Waals surface area (Å²) in [5.74, 6) is 0.255. The van der Waals surface area contributed by atoms with E-state index >= 15 is 0 Å². The van der Waals surface area contributed by atoms with E-state index in [4.69, 9.17) is 4.74 Å². The summed E-state index contributed by atoms with van der Waals surface area (Å²) in [5, 5.41) is 0. The second-order valence-corrected chi connectivity index (χ2v) is 9.99. The number of rotatable bonds is 4. The smallest absolute Gasteiger partial charge is 0.312 e. The van der Waals surface area contributed by atoms with Crippen molar-refractivity contribution < 1.29 is 18.7 Å². The van der Waals surface area contributed by atoms with Crippen molar-refractivity contribution in [3.05, 3.63) is 35.6 Å². The molecule has 0 heterocycles. The minimum atomic E-state index is -0.850. The summed E-state index contributed by atoms with van der Waals surface area (Å²) < 4.78 is 18.7. The second-order valence-electron chi connectivity index (χ2n) is 8.31. The van der Waals surface area contributed by atoms with E-state index in [0.29, 0.717) is 17.4 Å². The summed E-state index contributed by atoms with van der Waals surface area (Å²) in [7, 11) is 0. The van der Waals surface area contributed by atoms with Gasteiger partial charge < -0.3 is 4.74 Å². The van der Waals surface area contributed by atoms with Crippen LogP contribution in [-0.4, -0.2) is 22.2 Å². The summed E-state index contributed by atoms with van der Waals surface area (Å²) in [6.07, 6.45) is 5.22. The number of hydrogen-bond donors (Lipinski definition) is 0. The highest BCUT2D eigenvalue weighted by atomic mass is 79.9. The average molecular weight is 409 g/mol. The molecule has 0 amide bonds. The Bertz CT molecular complexity index is 700. The molecule has 0 spiro atoms. The van der Waals surface area contributed by atoms with Gasteiger partial charge in [0.15, 0.2) is 6.10 Å². The Kier molecular flexibility index (Phi) is 4.06. The van der Waals surface area contributed by atoms with Crippen LogP contribution in [0.3, 0.4) is 0 Å². The Labute approximate surface area is 155 Å². The van der Waals surface area contributed by atoms with Crippen LogP contribution in [-0.2, 0) is 9.53 Å². The maximum Gasteiger partial charge on any atom is 0.312 e. The fourth-order valence-electron chi connectivity index (χ4n) is 5.58. The first-order chi connectivity index (χ1) is 11.8. The lowest BCUT2D eigenvalue weighted by atomic mass is 9.49. The van der Waals surface area contributed by atoms with Gasteiger partial charge in [-0.05, 0) is 81.5 Å². The molecule has 5 heteroatoms. The summed E-state index contributed by atoms with van der Waals surface area (Å²) in [6, 6.07) is 5.35. The minimum Gasteiger partial charge on any atom is -0.454 e. The normalized spacial score (nSPS) is 36.9. The lowest BCUT2D eigenvalue weighted by Crippen LogP contribution is -2.56. The average Bonchev–Trinajstić information content (AvgIpc) is 2.52. The molecule has 134 valence electrons. The summed E-state index contributed by atoms with van der Waals surface area (Å²) >= 11 is 3.89. The first-order valence-corrected chi connectivity index (χ1v) is 9.78. The first kappa shape index (κ1) is 17.2. The van der Waals surface area contributed by atoms with Gasteiger partial charge in [-0.3, -0.25) is 9.59 Å². The van der Waals surface area contributed by atoms with Crippen molar-refractivity contribution >= 4 is 27.7 Å². The molecular weight excluding hydrogens is 387 g/mol. The predicted octanol–water partition coefficient (Wildman–Crippen LogP) is 4.67. The molecular formula is C20H22BrFO3. The van der Waals surface area contributed by atoms with Crippen LogP contribution in [0.2, 0.25) is 0 Å². The third kappa shape index (κ3) is 3.05. The Morgan fingerprint density at radius 1 is 1.16 bits per heavy atom. The zero-order chi connectivity index (χ0) is 17.8. The van der Waals surface area contributed by atoms with Crippen LogP contribution in [0.4, 0.5) is 4.39 Å². The molecule has 0 aliphatic heterocycles. The van der Waals surface area contributed by atoms with Crippen molar-refractivity contribution in [3.63, 3.8) is 0 Å². The molecule has 4 aliphatic carbocycles. The van der Waals surface area contributed by atoms with Gasteiger partial charge in [0.25, 0.3) is 0 Å². The fourth-order valence-corrected chi connectivity index (χ4v) is 7.03. The number of carbonyl (C=O) groups excluding carboxylic acids is 2. The molecule has 1 aromatic rings. The third-order valence-corrected chi connectivity index (χ3v) is 7.13. The van der Waals surface area contributed by atoms with Gasteiger partial charge in [0, 0.05) is 9.89 Å². The van der Waals surface area contributed by atoms with Crippen molar-refractivity contribution in [2.75, 3.05) is 0 Å². The van der Waals surface area contributed by atoms with Crippen LogP contribution in [0, 0.1) is 23.1 Å². The van der Waals surface area contributed by atoms with E-state index in [2.05, 4.69) is 15.9 Å². The van der Waals surface area contributed by atoms with E-state index in [1.165, 1.54) is 30.7 Å². The number of halogens is 2. The highest BCUT2D eigenvalue weighted by Crippen LogP contribution is 2.64. The monoisotopic (exact) mass is 408 g/mol. The number of ether oxygens (including phenoxy) is 1. The Morgan fingerprint density at radius 2 is 1.76 bits per heavy atom. The summed E-state index contributed by atoms with van der Waals surface area (Å²) in [4.78, 5) is 25.5. The Morgan fingerprint density at radius 3 is 2.32 bits per heavy atom. The highest BCUT2D eigenvalue weighted by molar-refractivity contribution is 9.10. The molecule has 1 aromatic carbocycles. The number of benzene rings is 1. The van der Waals surface area contributed by atoms with Crippen LogP contribution >= 0.6 is 15.9 Å². The Balaban J connectivity index is 1.48. The van der Waals surface area contributed by atoms with Gasteiger partial charge in [-0.25, -0.2) is 4.39 Å². The molecule has 0 radical (unpaired) electrons. The van der Waals surface area contributed by atoms with Crippen molar-refractivity contribution in [3.8, 4) is 0 Å². The third-order valence-electron chi connectivity index (χ3n) is 6.20. The summed E-state index contributed by atoms with van der Waals surface area (Å²) in [5.41, 5.74) is -0.0746. The van der Waals surface area contributed by atoms with Crippen LogP contribution < -0.4 is 0 Å². The van der Waals surface area contributed by atoms with E-state index in [1.54, 1.807) is 6.92 Å². The number of ketones is 1. The molecule has 3 unspecified atom stereocenters. The molecule has 4 fully saturated rings. The van der Waals surface area contributed by atoms with E-state index in [1.807, 2.05) is 0 Å². The topological polar surface area (TPSA) is 43.4 Å². The minimum absolute atomic E-state index is 0.0697. The molecule has 4 saturated carbocycles. The Hall–Kier alpha value is -1.23. The van der Waals surface area contributed by atoms with Crippen molar-refractivity contribution in [1.29, 1.82) is 0 Å². The molecule has 4 aliphatic rings. The number of esters is 1. The SMILES string of the molecule is CC(OC(=O)C12CC3CC(CC(Br)(C3)C1)C2)C(=O)c1ccc(F)cc1. The lowest BCUT2D eigenvalue weighted by Gasteiger charge is -2.58. The number of alkyl halides is 1. The fraction of sp³-hybridized carbons (Fsp3) is 0.600. The molecule has 25 heavy (non-hydrogen) atoms. The molecule has 0 N–H and O–H groups in total. The van der Waals surface area contributed by atoms with Gasteiger partial charge in [-0.2, -0.15) is 0 Å². The van der Waals surface area contributed by atoms with E-state index in [-0.39, 0.29) is 16.1 Å². The number of hydrogen-bond acceptors (Lipinski definition) is 3. The van der Waals surface area contributed by atoms with Crippen molar-refractivity contribution in [1.82, 2.24) is 0 Å². The summed E-state index contributed by atoms with van der Waals surface area (Å²) in [6.45, 7) is 1.61. The second kappa shape index (κ2) is 5.90. The highest BCUT2D eigenvalue weighted by Gasteiger charge is 2.60. The van der Waals surface area contributed by atoms with Gasteiger partial charge in [-0.1, -0.05) is 15.9 Å². The van der Waals surface area contributed by atoms with Crippen LogP contribution in [0.15, 0.2) is 24.3 Å². The predicted molar refractivity (Wildman–Crippen MR) is 95.1 cm³/mol. The molecule has 3 atom stereocenters. The quantitative estimate of drug-likeness (QED) is 0.412. The van der Waals surface area contributed by atoms with E-state index < -0.39 is 17.3 Å². The van der Waals surface area contributed by atoms with Gasteiger partial charge >= 0.3 is 5.97 Å². The van der Waals surface area contributed by atoms with Crippen LogP contribution in [0.1, 0.15) is 55.8 Å². The largest absolute Gasteiger partial charge is 0.454 e. The zero-order valence-electron chi connectivity index (χ0n) is 14.3. The van der Waals surface area contributed by atoms with E-state index in [9.17, 15) is 14.0 Å². The standard InChI is InChI=1S/C20H22BrFO3/c1-12(17(23)15-2-4-16(22)5-3-15)25-18(24)19-7-13-6-14(8-19)10-20(21,9-13)11-19/h2-5,12-14H,6-11H2,1H3. The molecule has 0 aromatic heterocycles. The van der Waals surface area contributed by atoms with Crippen molar-refractivity contribution in [2.24, 2.45) is 17.3 Å². The maximum absolute atomic E-state index is 13.0. The van der Waals surface area contributed by atoms with Crippen molar-refractivity contribution in [2.45, 2.75) is 55.9 Å². The molecule has 0 saturated heterocycles. The lowest BCUT2D eigenvalue weighted by molar-refractivity contribution is -0.172. The van der Waals surface area contributed by atoms with Gasteiger partial charge in [0.1, 0.15) is 5.82 Å². The van der Waals surface area contributed by atoms with Crippen LogP contribution in [0.5, 0.6) is 0 Å². The maximum atomic E-state index is 13.0. The van der Waals surface area contributed by atoms with Gasteiger partial charge in [0.05, 0.1) is 5.41 Å². The zero-order valence-corrected chi connectivity index (χ0v) is 15.9. The van der Waals surface area contributed by atoms with E-state index in [0.717, 1.165) is 32.1 Å². The van der Waals surface area contributed by atoms with Crippen LogP contribution in [0.25, 0.3) is 0 Å². The van der Waals surface area contributed by atoms with Gasteiger partial charge in [-0.15, -0.1) is 0 Å². The molecule has 5 rings (SSSR count). The molecule has 3 nitrogen and oxygen atoms in total.